The highest BCUT2D eigenvalue weighted by Gasteiger charge is 2.17. The van der Waals surface area contributed by atoms with Crippen LogP contribution in [0.15, 0.2) is 71.4 Å². The summed E-state index contributed by atoms with van der Waals surface area (Å²) >= 11 is 1.35. The van der Waals surface area contributed by atoms with Gasteiger partial charge in [0, 0.05) is 23.9 Å². The Morgan fingerprint density at radius 1 is 1.05 bits per heavy atom. The largest absolute Gasteiger partial charge is 0.496 e. The number of hydrogen-bond acceptors (Lipinski definition) is 9. The third-order valence-electron chi connectivity index (χ3n) is 6.15. The van der Waals surface area contributed by atoms with E-state index in [0.717, 1.165) is 27.8 Å². The smallest absolute Gasteiger partial charge is 0.294 e. The number of fused-ring (bicyclic) bond motifs is 2. The molecule has 0 saturated carbocycles. The highest BCUT2D eigenvalue weighted by atomic mass is 32.1. The van der Waals surface area contributed by atoms with E-state index >= 15 is 0 Å². The van der Waals surface area contributed by atoms with E-state index in [4.69, 9.17) is 18.6 Å². The first-order valence-electron chi connectivity index (χ1n) is 11.9. The molecule has 0 amide bonds. The Kier molecular flexibility index (Phi) is 6.18. The molecule has 0 aliphatic carbocycles. The lowest BCUT2D eigenvalue weighted by Crippen LogP contribution is -1.97. The van der Waals surface area contributed by atoms with Crippen molar-refractivity contribution in [3.05, 3.63) is 78.1 Å². The molecule has 0 fully saturated rings. The Balaban J connectivity index is 1.27. The van der Waals surface area contributed by atoms with Crippen molar-refractivity contribution in [2.24, 2.45) is 0 Å². The molecule has 0 aliphatic heterocycles. The number of hydrogen-bond donors (Lipinski definition) is 1. The molecule has 1 unspecified atom stereocenters. The summed E-state index contributed by atoms with van der Waals surface area (Å²) in [5.74, 6) is 1.87. The molecular formula is C28H24N4O5S. The van der Waals surface area contributed by atoms with Gasteiger partial charge in [0.05, 0.1) is 37.6 Å². The SMILES string of the molecule is COc1cc(OCc2cccc(-c3ccc(C(C)O)cn3)c2)c2cc(-c3cn4nc(OC)sc4n3)oc2c1. The molecule has 9 nitrogen and oxygen atoms in total. The Morgan fingerprint density at radius 2 is 1.95 bits per heavy atom. The lowest BCUT2D eigenvalue weighted by atomic mass is 10.1. The first kappa shape index (κ1) is 24.0. The molecular weight excluding hydrogens is 504 g/mol. The molecule has 2 aromatic carbocycles. The van der Waals surface area contributed by atoms with Crippen molar-refractivity contribution in [1.29, 1.82) is 0 Å². The molecule has 0 spiro atoms. The lowest BCUT2D eigenvalue weighted by molar-refractivity contribution is 0.199. The molecule has 1 atom stereocenters. The van der Waals surface area contributed by atoms with Crippen LogP contribution in [0.2, 0.25) is 0 Å². The van der Waals surface area contributed by atoms with E-state index in [1.165, 1.54) is 11.3 Å². The van der Waals surface area contributed by atoms with Crippen molar-refractivity contribution >= 4 is 27.3 Å². The van der Waals surface area contributed by atoms with Crippen molar-refractivity contribution in [1.82, 2.24) is 19.6 Å². The molecule has 6 aromatic rings. The highest BCUT2D eigenvalue weighted by molar-refractivity contribution is 7.18. The summed E-state index contributed by atoms with van der Waals surface area (Å²) in [4.78, 5) is 9.83. The first-order valence-corrected chi connectivity index (χ1v) is 12.7. The zero-order chi connectivity index (χ0) is 26.2. The van der Waals surface area contributed by atoms with Crippen LogP contribution in [0, 0.1) is 0 Å². The number of methoxy groups -OCH3 is 2. The summed E-state index contributed by atoms with van der Waals surface area (Å²) in [6.07, 6.45) is 2.95. The van der Waals surface area contributed by atoms with E-state index in [1.807, 2.05) is 54.6 Å². The first-order chi connectivity index (χ1) is 18.5. The average Bonchev–Trinajstić information content (AvgIpc) is 3.65. The van der Waals surface area contributed by atoms with Gasteiger partial charge in [-0.25, -0.2) is 9.50 Å². The van der Waals surface area contributed by atoms with Crippen LogP contribution in [0.25, 0.3) is 38.6 Å². The minimum atomic E-state index is -0.551. The summed E-state index contributed by atoms with van der Waals surface area (Å²) in [5, 5.41) is 15.4. The second-order valence-electron chi connectivity index (χ2n) is 8.72. The van der Waals surface area contributed by atoms with Crippen LogP contribution in [-0.2, 0) is 6.61 Å². The predicted octanol–water partition coefficient (Wildman–Crippen LogP) is 5.92. The number of aromatic nitrogens is 4. The van der Waals surface area contributed by atoms with Crippen LogP contribution in [-0.4, -0.2) is 38.9 Å². The molecule has 4 aromatic heterocycles. The molecule has 1 N–H and O–H groups in total. The number of aliphatic hydroxyl groups excluding tert-OH is 1. The van der Waals surface area contributed by atoms with E-state index in [1.54, 1.807) is 38.1 Å². The Labute approximate surface area is 221 Å². The van der Waals surface area contributed by atoms with Gasteiger partial charge in [-0.15, -0.1) is 5.10 Å². The number of rotatable bonds is 8. The number of imidazole rings is 1. The van der Waals surface area contributed by atoms with E-state index in [-0.39, 0.29) is 0 Å². The van der Waals surface area contributed by atoms with Crippen molar-refractivity contribution < 1.29 is 23.7 Å². The van der Waals surface area contributed by atoms with Gasteiger partial charge in [0.1, 0.15) is 29.4 Å². The Morgan fingerprint density at radius 3 is 2.68 bits per heavy atom. The molecule has 192 valence electrons. The fraction of sp³-hybridized carbons (Fsp3) is 0.179. The number of ether oxygens (including phenoxy) is 3. The minimum Gasteiger partial charge on any atom is -0.496 e. The average molecular weight is 529 g/mol. The Bertz CT molecular complexity index is 1700. The van der Waals surface area contributed by atoms with Gasteiger partial charge in [0.2, 0.25) is 4.96 Å². The normalized spacial score (nSPS) is 12.2. The van der Waals surface area contributed by atoms with Crippen molar-refractivity contribution in [2.45, 2.75) is 19.6 Å². The van der Waals surface area contributed by atoms with Crippen LogP contribution in [0.4, 0.5) is 0 Å². The summed E-state index contributed by atoms with van der Waals surface area (Å²) in [5.41, 5.74) is 4.85. The van der Waals surface area contributed by atoms with E-state index in [2.05, 4.69) is 15.1 Å². The fourth-order valence-corrected chi connectivity index (χ4v) is 4.83. The van der Waals surface area contributed by atoms with Crippen LogP contribution >= 0.6 is 11.3 Å². The third-order valence-corrected chi connectivity index (χ3v) is 7.03. The number of pyridine rings is 1. The fourth-order valence-electron chi connectivity index (χ4n) is 4.13. The van der Waals surface area contributed by atoms with Crippen molar-refractivity contribution in [3.8, 4) is 39.4 Å². The molecule has 6 rings (SSSR count). The van der Waals surface area contributed by atoms with Crippen molar-refractivity contribution in [2.75, 3.05) is 14.2 Å². The number of aliphatic hydroxyl groups is 1. The van der Waals surface area contributed by atoms with Crippen LogP contribution < -0.4 is 14.2 Å². The maximum absolute atomic E-state index is 9.75. The highest BCUT2D eigenvalue weighted by Crippen LogP contribution is 2.37. The second kappa shape index (κ2) is 9.81. The molecule has 10 heteroatoms. The van der Waals surface area contributed by atoms with Gasteiger partial charge in [-0.1, -0.05) is 24.3 Å². The van der Waals surface area contributed by atoms with Gasteiger partial charge < -0.3 is 23.7 Å². The topological polar surface area (TPSA) is 104 Å². The molecule has 0 bridgehead atoms. The van der Waals surface area contributed by atoms with Crippen molar-refractivity contribution in [3.63, 3.8) is 0 Å². The third kappa shape index (κ3) is 4.55. The summed E-state index contributed by atoms with van der Waals surface area (Å²) in [6.45, 7) is 2.06. The van der Waals surface area contributed by atoms with Gasteiger partial charge in [0.25, 0.3) is 5.19 Å². The van der Waals surface area contributed by atoms with Crippen LogP contribution in [0.3, 0.4) is 0 Å². The zero-order valence-corrected chi connectivity index (χ0v) is 21.7. The summed E-state index contributed by atoms with van der Waals surface area (Å²) in [6, 6.07) is 17.4. The van der Waals surface area contributed by atoms with Gasteiger partial charge in [0.15, 0.2) is 5.76 Å². The van der Waals surface area contributed by atoms with Gasteiger partial charge in [-0.3, -0.25) is 4.98 Å². The minimum absolute atomic E-state index is 0.340. The summed E-state index contributed by atoms with van der Waals surface area (Å²) in [7, 11) is 3.19. The van der Waals surface area contributed by atoms with Gasteiger partial charge in [-0.2, -0.15) is 0 Å². The predicted molar refractivity (Wildman–Crippen MR) is 144 cm³/mol. The monoisotopic (exact) mass is 528 g/mol. The lowest BCUT2D eigenvalue weighted by Gasteiger charge is -2.11. The molecule has 38 heavy (non-hydrogen) atoms. The molecule has 0 radical (unpaired) electrons. The number of furan rings is 1. The summed E-state index contributed by atoms with van der Waals surface area (Å²) < 4.78 is 24.7. The van der Waals surface area contributed by atoms with E-state index in [9.17, 15) is 5.11 Å². The number of nitrogens with zero attached hydrogens (tertiary/aromatic N) is 4. The van der Waals surface area contributed by atoms with Gasteiger partial charge >= 0.3 is 0 Å². The standard InChI is InChI=1S/C28H24N4O5S/c1-16(33)19-7-8-22(29-13-19)18-6-4-5-17(9-18)15-36-24-10-20(34-2)11-25-21(24)12-26(37-25)23-14-32-27(30-23)38-28(31-32)35-3/h4-14,16,33H,15H2,1-3H3. The van der Waals surface area contributed by atoms with Crippen LogP contribution in [0.5, 0.6) is 16.7 Å². The molecule has 0 saturated heterocycles. The molecule has 4 heterocycles. The quantitative estimate of drug-likeness (QED) is 0.260. The van der Waals surface area contributed by atoms with Gasteiger partial charge in [-0.05, 0) is 47.6 Å². The number of benzene rings is 2. The zero-order valence-electron chi connectivity index (χ0n) is 20.9. The Hall–Kier alpha value is -4.41. The molecule has 0 aliphatic rings. The maximum Gasteiger partial charge on any atom is 0.294 e. The van der Waals surface area contributed by atoms with E-state index < -0.39 is 6.10 Å². The van der Waals surface area contributed by atoms with Crippen LogP contribution in [0.1, 0.15) is 24.2 Å². The van der Waals surface area contributed by atoms with E-state index in [0.29, 0.717) is 45.3 Å². The second-order valence-corrected chi connectivity index (χ2v) is 9.63. The maximum atomic E-state index is 9.75.